The van der Waals surface area contributed by atoms with Crippen LogP contribution < -0.4 is 19.6 Å². The van der Waals surface area contributed by atoms with Gasteiger partial charge in [-0.05, 0) is 50.2 Å². The second-order valence-corrected chi connectivity index (χ2v) is 7.10. The number of rotatable bonds is 7. The Morgan fingerprint density at radius 1 is 0.967 bits per heavy atom. The van der Waals surface area contributed by atoms with E-state index in [9.17, 15) is 4.79 Å². The molecule has 3 aromatic rings. The Hall–Kier alpha value is -2.70. The molecule has 7 heteroatoms. The Balaban J connectivity index is 0.00000256. The Kier molecular flexibility index (Phi) is 7.24. The lowest BCUT2D eigenvalue weighted by Crippen LogP contribution is -2.25. The lowest BCUT2D eigenvalue weighted by atomic mass is 10.1. The molecule has 0 N–H and O–H groups in total. The summed E-state index contributed by atoms with van der Waals surface area (Å²) < 4.78 is 22.4. The number of benzene rings is 2. The maximum atomic E-state index is 12.7. The summed E-state index contributed by atoms with van der Waals surface area (Å²) in [5.74, 6) is 2.29. The van der Waals surface area contributed by atoms with E-state index in [1.807, 2.05) is 24.3 Å². The molecule has 160 valence electrons. The van der Waals surface area contributed by atoms with Gasteiger partial charge in [0.1, 0.15) is 40.6 Å². The minimum atomic E-state index is -0.160. The third-order valence-electron chi connectivity index (χ3n) is 5.24. The van der Waals surface area contributed by atoms with Crippen LogP contribution >= 0.6 is 12.4 Å². The van der Waals surface area contributed by atoms with E-state index < -0.39 is 0 Å². The lowest BCUT2D eigenvalue weighted by molar-refractivity contribution is 0.238. The largest absolute Gasteiger partial charge is 0.496 e. The number of nitrogens with zero attached hydrogens (tertiary/aromatic N) is 1. The van der Waals surface area contributed by atoms with E-state index in [-0.39, 0.29) is 17.8 Å². The average Bonchev–Trinajstić information content (AvgIpc) is 3.26. The van der Waals surface area contributed by atoms with Gasteiger partial charge in [0.15, 0.2) is 5.43 Å². The number of hydrogen-bond acceptors (Lipinski definition) is 6. The molecule has 0 spiro atoms. The van der Waals surface area contributed by atoms with Crippen LogP contribution in [0.1, 0.15) is 12.8 Å². The number of halogens is 1. The van der Waals surface area contributed by atoms with Gasteiger partial charge in [-0.3, -0.25) is 9.69 Å². The van der Waals surface area contributed by atoms with Crippen molar-refractivity contribution in [1.29, 1.82) is 0 Å². The van der Waals surface area contributed by atoms with Gasteiger partial charge < -0.3 is 18.6 Å². The minimum absolute atomic E-state index is 0. The quantitative estimate of drug-likeness (QED) is 0.553. The molecule has 6 nitrogen and oxygen atoms in total. The monoisotopic (exact) mass is 431 g/mol. The summed E-state index contributed by atoms with van der Waals surface area (Å²) in [6.45, 7) is 3.95. The van der Waals surface area contributed by atoms with E-state index in [1.54, 1.807) is 19.2 Å². The van der Waals surface area contributed by atoms with Gasteiger partial charge in [-0.1, -0.05) is 0 Å². The van der Waals surface area contributed by atoms with E-state index in [1.165, 1.54) is 39.1 Å². The average molecular weight is 432 g/mol. The number of methoxy groups -OCH3 is 2. The first-order valence-corrected chi connectivity index (χ1v) is 9.83. The van der Waals surface area contributed by atoms with Gasteiger partial charge in [0.2, 0.25) is 0 Å². The second-order valence-electron chi connectivity index (χ2n) is 7.10. The van der Waals surface area contributed by atoms with E-state index in [4.69, 9.17) is 18.6 Å². The second kappa shape index (κ2) is 9.87. The van der Waals surface area contributed by atoms with Gasteiger partial charge >= 0.3 is 0 Å². The Labute approximate surface area is 181 Å². The zero-order chi connectivity index (χ0) is 20.2. The SMILES string of the molecule is COc1cc(OC)c2c(=O)cc(-c3ccc(OCCN4CCCC4)cc3)oc2c1.Cl. The fraction of sp³-hybridized carbons (Fsp3) is 0.348. The van der Waals surface area contributed by atoms with Crippen molar-refractivity contribution in [2.75, 3.05) is 40.5 Å². The first-order chi connectivity index (χ1) is 14.2. The summed E-state index contributed by atoms with van der Waals surface area (Å²) in [7, 11) is 3.08. The fourth-order valence-electron chi connectivity index (χ4n) is 3.66. The maximum Gasteiger partial charge on any atom is 0.197 e. The Morgan fingerprint density at radius 3 is 2.37 bits per heavy atom. The van der Waals surface area contributed by atoms with Crippen LogP contribution in [-0.2, 0) is 0 Å². The molecule has 1 aliphatic heterocycles. The molecule has 4 rings (SSSR count). The van der Waals surface area contributed by atoms with Crippen molar-refractivity contribution in [3.63, 3.8) is 0 Å². The van der Waals surface area contributed by atoms with E-state index in [0.29, 0.717) is 34.8 Å². The standard InChI is InChI=1S/C23H25NO5.ClH/c1-26-18-13-21(27-2)23-19(25)15-20(29-22(23)14-18)16-5-7-17(8-6-16)28-12-11-24-9-3-4-10-24;/h5-8,13-15H,3-4,9-12H2,1-2H3;1H. The van der Waals surface area contributed by atoms with Gasteiger partial charge in [0, 0.05) is 30.3 Å². The number of likely N-dealkylation sites (tertiary alicyclic amines) is 1. The summed E-state index contributed by atoms with van der Waals surface area (Å²) in [4.78, 5) is 15.1. The van der Waals surface area contributed by atoms with Crippen molar-refractivity contribution in [3.05, 3.63) is 52.7 Å². The molecule has 1 aliphatic rings. The van der Waals surface area contributed by atoms with Crippen LogP contribution in [0.25, 0.3) is 22.3 Å². The van der Waals surface area contributed by atoms with Crippen LogP contribution in [0.2, 0.25) is 0 Å². The molecule has 0 radical (unpaired) electrons. The fourth-order valence-corrected chi connectivity index (χ4v) is 3.66. The van der Waals surface area contributed by atoms with E-state index >= 15 is 0 Å². The van der Waals surface area contributed by atoms with E-state index in [2.05, 4.69) is 4.90 Å². The summed E-state index contributed by atoms with van der Waals surface area (Å²) in [5, 5.41) is 0.402. The normalized spacial score (nSPS) is 13.8. The highest BCUT2D eigenvalue weighted by atomic mass is 35.5. The maximum absolute atomic E-state index is 12.7. The van der Waals surface area contributed by atoms with Crippen LogP contribution in [0, 0.1) is 0 Å². The van der Waals surface area contributed by atoms with Crippen molar-refractivity contribution in [2.45, 2.75) is 12.8 Å². The predicted octanol–water partition coefficient (Wildman–Crippen LogP) is 4.37. The Morgan fingerprint density at radius 2 is 1.70 bits per heavy atom. The molecular formula is C23H26ClNO5. The molecule has 0 atom stereocenters. The van der Waals surface area contributed by atoms with E-state index in [0.717, 1.165) is 17.9 Å². The molecule has 1 fully saturated rings. The van der Waals surface area contributed by atoms with Crippen LogP contribution in [0.15, 0.2) is 51.7 Å². The Bertz CT molecular complexity index is 1040. The summed E-state index contributed by atoms with van der Waals surface area (Å²) in [6, 6.07) is 12.4. The van der Waals surface area contributed by atoms with Gasteiger partial charge in [0.25, 0.3) is 0 Å². The highest BCUT2D eigenvalue weighted by molar-refractivity contribution is 5.86. The summed E-state index contributed by atoms with van der Waals surface area (Å²) >= 11 is 0. The highest BCUT2D eigenvalue weighted by Crippen LogP contribution is 2.32. The van der Waals surface area contributed by atoms with Crippen LogP contribution in [0.5, 0.6) is 17.2 Å². The van der Waals surface area contributed by atoms with Crippen molar-refractivity contribution in [2.24, 2.45) is 0 Å². The smallest absolute Gasteiger partial charge is 0.197 e. The van der Waals surface area contributed by atoms with Gasteiger partial charge in [-0.25, -0.2) is 0 Å². The molecule has 1 saturated heterocycles. The molecule has 2 heterocycles. The molecule has 0 unspecified atom stereocenters. The topological polar surface area (TPSA) is 61.1 Å². The first-order valence-electron chi connectivity index (χ1n) is 9.83. The molecule has 30 heavy (non-hydrogen) atoms. The molecule has 0 aliphatic carbocycles. The predicted molar refractivity (Wildman–Crippen MR) is 119 cm³/mol. The number of hydrogen-bond donors (Lipinski definition) is 0. The van der Waals surface area contributed by atoms with Gasteiger partial charge in [-0.15, -0.1) is 12.4 Å². The van der Waals surface area contributed by atoms with Crippen molar-refractivity contribution in [3.8, 4) is 28.6 Å². The van der Waals surface area contributed by atoms with Gasteiger partial charge in [-0.2, -0.15) is 0 Å². The zero-order valence-corrected chi connectivity index (χ0v) is 18.0. The third-order valence-corrected chi connectivity index (χ3v) is 5.24. The minimum Gasteiger partial charge on any atom is -0.496 e. The molecule has 2 aromatic carbocycles. The van der Waals surface area contributed by atoms with Gasteiger partial charge in [0.05, 0.1) is 14.2 Å². The van der Waals surface area contributed by atoms with Crippen molar-refractivity contribution < 1.29 is 18.6 Å². The molecule has 0 amide bonds. The van der Waals surface area contributed by atoms with Crippen molar-refractivity contribution in [1.82, 2.24) is 4.90 Å². The van der Waals surface area contributed by atoms with Crippen LogP contribution in [0.3, 0.4) is 0 Å². The third kappa shape index (κ3) is 4.71. The lowest BCUT2D eigenvalue weighted by Gasteiger charge is -2.15. The van der Waals surface area contributed by atoms with Crippen molar-refractivity contribution >= 4 is 23.4 Å². The van der Waals surface area contributed by atoms with Crippen LogP contribution in [-0.4, -0.2) is 45.4 Å². The number of fused-ring (bicyclic) bond motifs is 1. The summed E-state index contributed by atoms with van der Waals surface area (Å²) in [5.41, 5.74) is 1.07. The molecule has 0 saturated carbocycles. The first kappa shape index (κ1) is 22.0. The highest BCUT2D eigenvalue weighted by Gasteiger charge is 2.14. The summed E-state index contributed by atoms with van der Waals surface area (Å²) in [6.07, 6.45) is 2.56. The molecule has 0 bridgehead atoms. The van der Waals surface area contributed by atoms with Crippen LogP contribution in [0.4, 0.5) is 0 Å². The molecular weight excluding hydrogens is 406 g/mol. The zero-order valence-electron chi connectivity index (χ0n) is 17.2. The number of ether oxygens (including phenoxy) is 3. The molecule has 1 aromatic heterocycles.